The van der Waals surface area contributed by atoms with Crippen molar-refractivity contribution in [1.82, 2.24) is 10.6 Å². The molecule has 1 saturated heterocycles. The van der Waals surface area contributed by atoms with Crippen LogP contribution in [0, 0.1) is 5.92 Å². The Morgan fingerprint density at radius 3 is 2.82 bits per heavy atom. The summed E-state index contributed by atoms with van der Waals surface area (Å²) in [6.07, 6.45) is 2.09. The number of carbonyl (C=O) groups is 3. The summed E-state index contributed by atoms with van der Waals surface area (Å²) in [4.78, 5) is 33.0. The van der Waals surface area contributed by atoms with Crippen molar-refractivity contribution in [2.75, 3.05) is 6.54 Å². The van der Waals surface area contributed by atoms with Crippen LogP contribution in [0.2, 0.25) is 0 Å². The zero-order chi connectivity index (χ0) is 12.8. The molecule has 0 aromatic carbocycles. The molecule has 2 unspecified atom stereocenters. The van der Waals surface area contributed by atoms with Gasteiger partial charge in [-0.15, -0.1) is 0 Å². The van der Waals surface area contributed by atoms with Crippen LogP contribution < -0.4 is 10.6 Å². The molecule has 0 bridgehead atoms. The van der Waals surface area contributed by atoms with E-state index in [1.807, 2.05) is 0 Å². The third-order valence-corrected chi connectivity index (χ3v) is 2.85. The molecule has 1 heterocycles. The Hall–Kier alpha value is -1.59. The lowest BCUT2D eigenvalue weighted by atomic mass is 10.1. The van der Waals surface area contributed by atoms with E-state index < -0.39 is 17.9 Å². The Morgan fingerprint density at radius 1 is 1.59 bits per heavy atom. The first-order valence-corrected chi connectivity index (χ1v) is 5.80. The maximum Gasteiger partial charge on any atom is 0.306 e. The highest BCUT2D eigenvalue weighted by Gasteiger charge is 2.26. The normalized spacial score (nSPS) is 20.8. The third kappa shape index (κ3) is 4.42. The van der Waals surface area contributed by atoms with Crippen LogP contribution in [0.1, 0.15) is 32.6 Å². The minimum absolute atomic E-state index is 0.0929. The van der Waals surface area contributed by atoms with Crippen LogP contribution in [0.5, 0.6) is 0 Å². The van der Waals surface area contributed by atoms with Gasteiger partial charge in [-0.05, 0) is 19.3 Å². The average Bonchev–Trinajstić information content (AvgIpc) is 2.70. The number of rotatable bonds is 6. The summed E-state index contributed by atoms with van der Waals surface area (Å²) in [7, 11) is 0. The predicted molar refractivity (Wildman–Crippen MR) is 60.2 cm³/mol. The van der Waals surface area contributed by atoms with E-state index in [0.29, 0.717) is 32.2 Å². The minimum Gasteiger partial charge on any atom is -0.481 e. The molecule has 2 amide bonds. The molecule has 2 atom stereocenters. The highest BCUT2D eigenvalue weighted by Crippen LogP contribution is 2.07. The molecule has 1 aliphatic rings. The largest absolute Gasteiger partial charge is 0.481 e. The third-order valence-electron chi connectivity index (χ3n) is 2.85. The number of carbonyl (C=O) groups excluding carboxylic acids is 2. The topological polar surface area (TPSA) is 95.5 Å². The van der Waals surface area contributed by atoms with Crippen molar-refractivity contribution >= 4 is 17.8 Å². The predicted octanol–water partition coefficient (Wildman–Crippen LogP) is -0.118. The fourth-order valence-electron chi connectivity index (χ4n) is 1.68. The second kappa shape index (κ2) is 6.22. The summed E-state index contributed by atoms with van der Waals surface area (Å²) in [5.41, 5.74) is 0. The summed E-state index contributed by atoms with van der Waals surface area (Å²) < 4.78 is 0. The van der Waals surface area contributed by atoms with Gasteiger partial charge in [-0.3, -0.25) is 14.4 Å². The van der Waals surface area contributed by atoms with E-state index in [2.05, 4.69) is 10.6 Å². The molecule has 1 rings (SSSR count). The lowest BCUT2D eigenvalue weighted by Crippen LogP contribution is -2.41. The molecule has 3 N–H and O–H groups in total. The Labute approximate surface area is 99.8 Å². The van der Waals surface area contributed by atoms with Crippen LogP contribution in [-0.4, -0.2) is 35.5 Å². The summed E-state index contributed by atoms with van der Waals surface area (Å²) in [6.45, 7) is 2.09. The second-order valence-electron chi connectivity index (χ2n) is 4.33. The second-order valence-corrected chi connectivity index (χ2v) is 4.33. The zero-order valence-electron chi connectivity index (χ0n) is 9.86. The summed E-state index contributed by atoms with van der Waals surface area (Å²) >= 11 is 0. The van der Waals surface area contributed by atoms with Gasteiger partial charge in [-0.2, -0.15) is 0 Å². The summed E-state index contributed by atoms with van der Waals surface area (Å²) in [6, 6.07) is -0.417. The number of carboxylic acids is 1. The van der Waals surface area contributed by atoms with Gasteiger partial charge in [0.15, 0.2) is 0 Å². The van der Waals surface area contributed by atoms with Gasteiger partial charge in [0, 0.05) is 13.0 Å². The Balaban J connectivity index is 2.12. The summed E-state index contributed by atoms with van der Waals surface area (Å²) in [5.74, 6) is -1.49. The van der Waals surface area contributed by atoms with Gasteiger partial charge in [0.25, 0.3) is 0 Å². The zero-order valence-corrected chi connectivity index (χ0v) is 9.86. The molecule has 0 radical (unpaired) electrons. The van der Waals surface area contributed by atoms with Crippen molar-refractivity contribution < 1.29 is 19.5 Å². The molecule has 1 aliphatic heterocycles. The average molecular weight is 242 g/mol. The molecular weight excluding hydrogens is 224 g/mol. The SMILES string of the molecule is CC(CCCNC(=O)C1CCC(=O)N1)C(=O)O. The van der Waals surface area contributed by atoms with E-state index in [-0.39, 0.29) is 11.8 Å². The van der Waals surface area contributed by atoms with Gasteiger partial charge >= 0.3 is 5.97 Å². The highest BCUT2D eigenvalue weighted by atomic mass is 16.4. The van der Waals surface area contributed by atoms with Crippen LogP contribution in [0.25, 0.3) is 0 Å². The van der Waals surface area contributed by atoms with Crippen molar-refractivity contribution in [3.63, 3.8) is 0 Å². The lowest BCUT2D eigenvalue weighted by molar-refractivity contribution is -0.141. The first kappa shape index (κ1) is 13.5. The van der Waals surface area contributed by atoms with E-state index in [4.69, 9.17) is 5.11 Å². The number of amides is 2. The molecule has 6 nitrogen and oxygen atoms in total. The molecule has 0 aromatic rings. The molecule has 0 aliphatic carbocycles. The van der Waals surface area contributed by atoms with E-state index in [9.17, 15) is 14.4 Å². The molecule has 96 valence electrons. The number of hydrogen-bond acceptors (Lipinski definition) is 3. The molecule has 1 fully saturated rings. The fraction of sp³-hybridized carbons (Fsp3) is 0.727. The smallest absolute Gasteiger partial charge is 0.306 e. The van der Waals surface area contributed by atoms with Crippen LogP contribution in [0.3, 0.4) is 0 Å². The number of nitrogens with one attached hydrogen (secondary N) is 2. The van der Waals surface area contributed by atoms with E-state index in [0.717, 1.165) is 0 Å². The van der Waals surface area contributed by atoms with Crippen LogP contribution in [-0.2, 0) is 14.4 Å². The van der Waals surface area contributed by atoms with Crippen LogP contribution >= 0.6 is 0 Å². The van der Waals surface area contributed by atoms with Crippen molar-refractivity contribution in [2.24, 2.45) is 5.92 Å². The van der Waals surface area contributed by atoms with Gasteiger partial charge in [0.05, 0.1) is 5.92 Å². The number of hydrogen-bond donors (Lipinski definition) is 3. The number of carboxylic acid groups (broad SMARTS) is 1. The van der Waals surface area contributed by atoms with Gasteiger partial charge in [0.1, 0.15) is 6.04 Å². The molecule has 0 spiro atoms. The quantitative estimate of drug-likeness (QED) is 0.566. The lowest BCUT2D eigenvalue weighted by Gasteiger charge is -2.11. The Kier molecular flexibility index (Phi) is 4.93. The minimum atomic E-state index is -0.820. The van der Waals surface area contributed by atoms with Crippen molar-refractivity contribution in [3.8, 4) is 0 Å². The van der Waals surface area contributed by atoms with Gasteiger partial charge in [-0.25, -0.2) is 0 Å². The Morgan fingerprint density at radius 2 is 2.29 bits per heavy atom. The molecule has 17 heavy (non-hydrogen) atoms. The van der Waals surface area contributed by atoms with Gasteiger partial charge in [-0.1, -0.05) is 6.92 Å². The van der Waals surface area contributed by atoms with Crippen molar-refractivity contribution in [2.45, 2.75) is 38.6 Å². The number of aliphatic carboxylic acids is 1. The first-order valence-electron chi connectivity index (χ1n) is 5.80. The van der Waals surface area contributed by atoms with Crippen molar-refractivity contribution in [3.05, 3.63) is 0 Å². The van der Waals surface area contributed by atoms with E-state index >= 15 is 0 Å². The maximum absolute atomic E-state index is 11.5. The maximum atomic E-state index is 11.5. The van der Waals surface area contributed by atoms with E-state index in [1.54, 1.807) is 6.92 Å². The van der Waals surface area contributed by atoms with Gasteiger partial charge in [0.2, 0.25) is 11.8 Å². The van der Waals surface area contributed by atoms with Crippen LogP contribution in [0.4, 0.5) is 0 Å². The standard InChI is InChI=1S/C11H18N2O4/c1-7(11(16)17)3-2-6-12-10(15)8-4-5-9(14)13-8/h7-8H,2-6H2,1H3,(H,12,15)(H,13,14)(H,16,17). The first-order chi connectivity index (χ1) is 8.00. The monoisotopic (exact) mass is 242 g/mol. The highest BCUT2D eigenvalue weighted by molar-refractivity contribution is 5.90. The van der Waals surface area contributed by atoms with E-state index in [1.165, 1.54) is 0 Å². The molecule has 0 aromatic heterocycles. The van der Waals surface area contributed by atoms with Crippen LogP contribution in [0.15, 0.2) is 0 Å². The molecule has 6 heteroatoms. The molecule has 0 saturated carbocycles. The van der Waals surface area contributed by atoms with Gasteiger partial charge < -0.3 is 15.7 Å². The van der Waals surface area contributed by atoms with Crippen molar-refractivity contribution in [1.29, 1.82) is 0 Å². The fourth-order valence-corrected chi connectivity index (χ4v) is 1.68. The molecular formula is C11H18N2O4. The Bertz CT molecular complexity index is 317. The summed E-state index contributed by atoms with van der Waals surface area (Å²) in [5, 5.41) is 13.9.